The van der Waals surface area contributed by atoms with E-state index < -0.39 is 0 Å². The number of piperidine rings is 1. The summed E-state index contributed by atoms with van der Waals surface area (Å²) in [7, 11) is 0. The largest absolute Gasteiger partial charge is 0.436 e. The van der Waals surface area contributed by atoms with Crippen LogP contribution in [0, 0.1) is 0 Å². The molecule has 0 spiro atoms. The second-order valence-corrected chi connectivity index (χ2v) is 7.27. The molecule has 1 saturated heterocycles. The Labute approximate surface area is 158 Å². The smallest absolute Gasteiger partial charge is 0.255 e. The molecule has 1 aliphatic rings. The highest BCUT2D eigenvalue weighted by atomic mass is 79.9. The van der Waals surface area contributed by atoms with E-state index >= 15 is 0 Å². The van der Waals surface area contributed by atoms with Crippen LogP contribution < -0.4 is 4.74 Å². The number of nitrogens with zero attached hydrogens (tertiary/aromatic N) is 2. The first-order chi connectivity index (χ1) is 11.5. The average Bonchev–Trinajstić information content (AvgIpc) is 2.59. The Morgan fingerprint density at radius 2 is 1.88 bits per heavy atom. The number of benzene rings is 1. The Morgan fingerprint density at radius 3 is 2.54 bits per heavy atom. The van der Waals surface area contributed by atoms with Crippen molar-refractivity contribution in [1.29, 1.82) is 0 Å². The third-order valence-electron chi connectivity index (χ3n) is 3.80. The highest BCUT2D eigenvalue weighted by Gasteiger charge is 2.20. The molecule has 2 aromatic rings. The molecule has 0 radical (unpaired) electrons. The molecule has 1 amide bonds. The predicted octanol–water partition coefficient (Wildman–Crippen LogP) is 5.57. The zero-order valence-electron chi connectivity index (χ0n) is 12.8. The summed E-state index contributed by atoms with van der Waals surface area (Å²) in [5.74, 6) is 0.623. The molecular weight excluding hydrogens is 415 g/mol. The van der Waals surface area contributed by atoms with Crippen molar-refractivity contribution >= 4 is 45.0 Å². The van der Waals surface area contributed by atoms with Gasteiger partial charge in [-0.2, -0.15) is 0 Å². The van der Waals surface area contributed by atoms with E-state index in [0.717, 1.165) is 30.4 Å². The lowest BCUT2D eigenvalue weighted by Gasteiger charge is -2.26. The quantitative estimate of drug-likeness (QED) is 0.640. The fraction of sp³-hybridized carbons (Fsp3) is 0.294. The first-order valence-corrected chi connectivity index (χ1v) is 9.17. The van der Waals surface area contributed by atoms with Crippen LogP contribution in [0.1, 0.15) is 29.6 Å². The van der Waals surface area contributed by atoms with E-state index in [1.54, 1.807) is 18.2 Å². The number of hydrogen-bond donors (Lipinski definition) is 0. The summed E-state index contributed by atoms with van der Waals surface area (Å²) in [5.41, 5.74) is 0.469. The van der Waals surface area contributed by atoms with Gasteiger partial charge in [0, 0.05) is 23.8 Å². The van der Waals surface area contributed by atoms with E-state index in [2.05, 4.69) is 20.9 Å². The van der Waals surface area contributed by atoms with Crippen LogP contribution in [0.4, 0.5) is 0 Å². The third-order valence-corrected chi connectivity index (χ3v) is 4.86. The number of rotatable bonds is 3. The molecular formula is C17H15BrCl2N2O2. The van der Waals surface area contributed by atoms with Crippen molar-refractivity contribution in [3.63, 3.8) is 0 Å². The van der Waals surface area contributed by atoms with Crippen molar-refractivity contribution in [2.45, 2.75) is 19.3 Å². The van der Waals surface area contributed by atoms with Gasteiger partial charge in [0.1, 0.15) is 10.8 Å². The molecule has 126 valence electrons. The zero-order valence-corrected chi connectivity index (χ0v) is 15.9. The standard InChI is InChI=1S/C17H15BrCl2N2O2/c18-12-4-5-15(13(19)9-12)24-16-14(20)8-11(10-21-16)17(23)22-6-2-1-3-7-22/h4-5,8-10H,1-3,6-7H2. The molecule has 3 rings (SSSR count). The molecule has 0 saturated carbocycles. The van der Waals surface area contributed by atoms with Crippen molar-refractivity contribution in [3.05, 3.63) is 50.5 Å². The summed E-state index contributed by atoms with van der Waals surface area (Å²) in [6.07, 6.45) is 4.74. The second-order valence-electron chi connectivity index (χ2n) is 5.54. The van der Waals surface area contributed by atoms with Gasteiger partial charge in [0.25, 0.3) is 5.91 Å². The van der Waals surface area contributed by atoms with Gasteiger partial charge < -0.3 is 9.64 Å². The number of aromatic nitrogens is 1. The fourth-order valence-corrected chi connectivity index (χ4v) is 3.48. The number of halogens is 3. The van der Waals surface area contributed by atoms with Crippen LogP contribution in [0.2, 0.25) is 10.0 Å². The molecule has 24 heavy (non-hydrogen) atoms. The summed E-state index contributed by atoms with van der Waals surface area (Å²) < 4.78 is 6.50. The molecule has 1 aromatic carbocycles. The van der Waals surface area contributed by atoms with Crippen molar-refractivity contribution in [1.82, 2.24) is 9.88 Å². The van der Waals surface area contributed by atoms with Gasteiger partial charge in [0.05, 0.1) is 10.6 Å². The van der Waals surface area contributed by atoms with Crippen molar-refractivity contribution < 1.29 is 9.53 Å². The molecule has 0 aliphatic carbocycles. The van der Waals surface area contributed by atoms with Gasteiger partial charge in [-0.1, -0.05) is 39.1 Å². The number of carbonyl (C=O) groups excluding carboxylic acids is 1. The monoisotopic (exact) mass is 428 g/mol. The minimum absolute atomic E-state index is 0.0441. The minimum atomic E-state index is -0.0441. The summed E-state index contributed by atoms with van der Waals surface area (Å²) in [6, 6.07) is 6.84. The lowest BCUT2D eigenvalue weighted by atomic mass is 10.1. The van der Waals surface area contributed by atoms with E-state index in [9.17, 15) is 4.79 Å². The molecule has 0 bridgehead atoms. The van der Waals surface area contributed by atoms with Crippen LogP contribution in [-0.2, 0) is 0 Å². The third kappa shape index (κ3) is 4.02. The van der Waals surface area contributed by atoms with Crippen molar-refractivity contribution in [3.8, 4) is 11.6 Å². The summed E-state index contributed by atoms with van der Waals surface area (Å²) >= 11 is 15.7. The molecule has 1 aromatic heterocycles. The number of carbonyl (C=O) groups is 1. The second kappa shape index (κ2) is 7.72. The number of pyridine rings is 1. The summed E-state index contributed by atoms with van der Waals surface area (Å²) in [5, 5.41) is 0.715. The number of hydrogen-bond acceptors (Lipinski definition) is 3. The maximum atomic E-state index is 12.5. The first kappa shape index (κ1) is 17.5. The Morgan fingerprint density at radius 1 is 1.12 bits per heavy atom. The van der Waals surface area contributed by atoms with Crippen molar-refractivity contribution in [2.24, 2.45) is 0 Å². The molecule has 2 heterocycles. The van der Waals surface area contributed by atoms with Gasteiger partial charge in [-0.3, -0.25) is 4.79 Å². The van der Waals surface area contributed by atoms with Crippen molar-refractivity contribution in [2.75, 3.05) is 13.1 Å². The van der Waals surface area contributed by atoms with Gasteiger partial charge in [0.2, 0.25) is 5.88 Å². The van der Waals surface area contributed by atoms with Gasteiger partial charge in [0.15, 0.2) is 0 Å². The molecule has 4 nitrogen and oxygen atoms in total. The Hall–Kier alpha value is -1.30. The summed E-state index contributed by atoms with van der Waals surface area (Å²) in [6.45, 7) is 1.56. The number of likely N-dealkylation sites (tertiary alicyclic amines) is 1. The normalized spacial score (nSPS) is 14.5. The van der Waals surface area contributed by atoms with Gasteiger partial charge in [-0.05, 0) is 43.5 Å². The predicted molar refractivity (Wildman–Crippen MR) is 98.2 cm³/mol. The molecule has 0 unspecified atom stereocenters. The van der Waals surface area contributed by atoms with Crippen LogP contribution in [0.25, 0.3) is 0 Å². The molecule has 0 atom stereocenters. The number of ether oxygens (including phenoxy) is 1. The molecule has 1 aliphatic heterocycles. The SMILES string of the molecule is O=C(c1cnc(Oc2ccc(Br)cc2Cl)c(Cl)c1)N1CCCCC1. The van der Waals surface area contributed by atoms with E-state index in [1.165, 1.54) is 12.6 Å². The topological polar surface area (TPSA) is 42.4 Å². The van der Waals surface area contributed by atoms with E-state index in [1.807, 2.05) is 11.0 Å². The van der Waals surface area contributed by atoms with E-state index in [0.29, 0.717) is 16.3 Å². The Bertz CT molecular complexity index is 764. The summed E-state index contributed by atoms with van der Waals surface area (Å²) in [4.78, 5) is 18.5. The van der Waals surface area contributed by atoms with Crippen LogP contribution in [0.5, 0.6) is 11.6 Å². The van der Waals surface area contributed by atoms with Gasteiger partial charge in [-0.15, -0.1) is 0 Å². The average molecular weight is 430 g/mol. The minimum Gasteiger partial charge on any atom is -0.436 e. The molecule has 7 heteroatoms. The van der Waals surface area contributed by atoms with E-state index in [4.69, 9.17) is 27.9 Å². The maximum Gasteiger partial charge on any atom is 0.255 e. The zero-order chi connectivity index (χ0) is 17.1. The maximum absolute atomic E-state index is 12.5. The van der Waals surface area contributed by atoms with Crippen LogP contribution in [0.3, 0.4) is 0 Å². The highest BCUT2D eigenvalue weighted by molar-refractivity contribution is 9.10. The van der Waals surface area contributed by atoms with Crippen LogP contribution >= 0.6 is 39.1 Å². The Kier molecular flexibility index (Phi) is 5.64. The Balaban J connectivity index is 1.78. The van der Waals surface area contributed by atoms with Crippen LogP contribution in [-0.4, -0.2) is 28.9 Å². The fourth-order valence-electron chi connectivity index (χ4n) is 2.56. The van der Waals surface area contributed by atoms with E-state index in [-0.39, 0.29) is 16.8 Å². The van der Waals surface area contributed by atoms with Gasteiger partial charge >= 0.3 is 0 Å². The van der Waals surface area contributed by atoms with Crippen LogP contribution in [0.15, 0.2) is 34.9 Å². The number of amides is 1. The highest BCUT2D eigenvalue weighted by Crippen LogP contribution is 2.34. The lowest BCUT2D eigenvalue weighted by Crippen LogP contribution is -2.35. The first-order valence-electron chi connectivity index (χ1n) is 7.62. The molecule has 1 fully saturated rings. The molecule has 0 N–H and O–H groups in total. The van der Waals surface area contributed by atoms with Gasteiger partial charge in [-0.25, -0.2) is 4.98 Å². The lowest BCUT2D eigenvalue weighted by molar-refractivity contribution is 0.0724.